The van der Waals surface area contributed by atoms with Crippen LogP contribution in [0.1, 0.15) is 101 Å². The molecule has 2 saturated carbocycles. The minimum atomic E-state index is -0.822. The van der Waals surface area contributed by atoms with Gasteiger partial charge in [-0.3, -0.25) is 19.6 Å². The van der Waals surface area contributed by atoms with E-state index in [9.17, 15) is 14.7 Å². The van der Waals surface area contributed by atoms with Crippen LogP contribution in [0.2, 0.25) is 0 Å². The first-order valence-corrected chi connectivity index (χ1v) is 20.8. The number of carboxylic acid groups (broad SMARTS) is 1. The van der Waals surface area contributed by atoms with Crippen molar-refractivity contribution >= 4 is 23.3 Å². The maximum absolute atomic E-state index is 12.2. The molecule has 4 aromatic rings. The summed E-state index contributed by atoms with van der Waals surface area (Å²) < 4.78 is 5.21. The lowest BCUT2D eigenvalue weighted by Gasteiger charge is -2.29. The standard InChI is InChI=1S/C19H21N.C15H25NO4.C15H15N/c1-3-17-14-19(17,2)20-18(15-10-6-4-7-11-15)16-12-8-5-9-13-16;17-14(16-6-8-20-9-7-16)11-13(15(18)19)10-12-4-2-1-3-5-12;1-2-16-15(13-9-5-3-6-10-13)14-11-7-4-8-12-14/h4-13,17H,3,14H2,1-2H3;12-13H,1-11H2,(H,18,19);3-12H,2H2,1H3. The second kappa shape index (κ2) is 22.0. The molecule has 1 heterocycles. The lowest BCUT2D eigenvalue weighted by molar-refractivity contribution is -0.148. The molecule has 0 radical (unpaired) electrons. The van der Waals surface area contributed by atoms with Crippen LogP contribution < -0.4 is 0 Å². The van der Waals surface area contributed by atoms with Crippen molar-refractivity contribution in [2.45, 2.75) is 84.1 Å². The maximum Gasteiger partial charge on any atom is 0.307 e. The Morgan fingerprint density at radius 3 is 1.61 bits per heavy atom. The van der Waals surface area contributed by atoms with E-state index < -0.39 is 11.9 Å². The Balaban J connectivity index is 0.000000162. The van der Waals surface area contributed by atoms with Crippen molar-refractivity contribution in [1.82, 2.24) is 4.90 Å². The van der Waals surface area contributed by atoms with Crippen LogP contribution in [0.5, 0.6) is 0 Å². The van der Waals surface area contributed by atoms with Crippen molar-refractivity contribution in [3.8, 4) is 0 Å². The zero-order valence-corrected chi connectivity index (χ0v) is 33.7. The number of carbonyl (C=O) groups is 2. The number of hydrogen-bond acceptors (Lipinski definition) is 5. The summed E-state index contributed by atoms with van der Waals surface area (Å²) in [5.74, 6) is -0.144. The molecular formula is C49H61N3O4. The van der Waals surface area contributed by atoms with Gasteiger partial charge < -0.3 is 14.7 Å². The second-order valence-corrected chi connectivity index (χ2v) is 15.4. The van der Waals surface area contributed by atoms with E-state index in [0.29, 0.717) is 38.6 Å². The Labute approximate surface area is 335 Å². The largest absolute Gasteiger partial charge is 0.481 e. The number of aliphatic imine (C=N–C) groups is 2. The Hall–Kier alpha value is -4.88. The van der Waals surface area contributed by atoms with Crippen LogP contribution in [0.3, 0.4) is 0 Å². The highest BCUT2D eigenvalue weighted by Crippen LogP contribution is 2.49. The third-order valence-corrected chi connectivity index (χ3v) is 11.2. The number of benzene rings is 4. The Kier molecular flexibility index (Phi) is 16.6. The van der Waals surface area contributed by atoms with E-state index in [1.54, 1.807) is 4.90 Å². The van der Waals surface area contributed by atoms with Gasteiger partial charge in [0.15, 0.2) is 0 Å². The number of amides is 1. The summed E-state index contributed by atoms with van der Waals surface area (Å²) in [6, 6.07) is 41.7. The van der Waals surface area contributed by atoms with Crippen molar-refractivity contribution in [2.24, 2.45) is 27.7 Å². The highest BCUT2D eigenvalue weighted by molar-refractivity contribution is 6.13. The average Bonchev–Trinajstić information content (AvgIpc) is 3.93. The Morgan fingerprint density at radius 2 is 1.20 bits per heavy atom. The van der Waals surface area contributed by atoms with Gasteiger partial charge in [0.1, 0.15) is 0 Å². The van der Waals surface area contributed by atoms with E-state index in [-0.39, 0.29) is 17.9 Å². The van der Waals surface area contributed by atoms with Crippen LogP contribution in [0.15, 0.2) is 131 Å². The summed E-state index contributed by atoms with van der Waals surface area (Å²) in [5, 5.41) is 9.36. The Morgan fingerprint density at radius 1 is 0.732 bits per heavy atom. The minimum Gasteiger partial charge on any atom is -0.481 e. The number of aliphatic carboxylic acids is 1. The smallest absolute Gasteiger partial charge is 0.307 e. The zero-order chi connectivity index (χ0) is 39.6. The first-order valence-electron chi connectivity index (χ1n) is 20.8. The van der Waals surface area contributed by atoms with E-state index in [2.05, 4.69) is 111 Å². The zero-order valence-electron chi connectivity index (χ0n) is 33.7. The molecule has 3 unspecified atom stereocenters. The third-order valence-electron chi connectivity index (χ3n) is 11.2. The van der Waals surface area contributed by atoms with Crippen LogP contribution in [0, 0.1) is 17.8 Å². The van der Waals surface area contributed by atoms with Crippen LogP contribution in [-0.4, -0.2) is 71.7 Å². The summed E-state index contributed by atoms with van der Waals surface area (Å²) >= 11 is 0. The molecule has 1 saturated heterocycles. The molecule has 1 aliphatic heterocycles. The van der Waals surface area contributed by atoms with E-state index in [4.69, 9.17) is 9.73 Å². The van der Waals surface area contributed by atoms with Gasteiger partial charge in [-0.2, -0.15) is 0 Å². The number of carboxylic acids is 1. The highest BCUT2D eigenvalue weighted by Gasteiger charge is 2.49. The summed E-state index contributed by atoms with van der Waals surface area (Å²) in [4.78, 5) is 35.0. The molecule has 4 aromatic carbocycles. The molecule has 0 spiro atoms. The molecule has 56 heavy (non-hydrogen) atoms. The van der Waals surface area contributed by atoms with Crippen molar-refractivity contribution in [3.63, 3.8) is 0 Å². The molecule has 0 bridgehead atoms. The molecule has 7 heteroatoms. The molecule has 296 valence electrons. The molecule has 2 aliphatic carbocycles. The first-order chi connectivity index (χ1) is 27.3. The summed E-state index contributed by atoms with van der Waals surface area (Å²) in [7, 11) is 0. The summed E-state index contributed by atoms with van der Waals surface area (Å²) in [5.41, 5.74) is 7.11. The Bertz CT molecular complexity index is 1740. The van der Waals surface area contributed by atoms with Crippen LogP contribution in [-0.2, 0) is 14.3 Å². The van der Waals surface area contributed by atoms with Gasteiger partial charge in [-0.25, -0.2) is 0 Å². The van der Waals surface area contributed by atoms with Gasteiger partial charge in [0.25, 0.3) is 0 Å². The van der Waals surface area contributed by atoms with Gasteiger partial charge in [-0.15, -0.1) is 0 Å². The van der Waals surface area contributed by atoms with Gasteiger partial charge in [0.05, 0.1) is 36.1 Å². The first kappa shape index (κ1) is 42.3. The highest BCUT2D eigenvalue weighted by atomic mass is 16.5. The lowest BCUT2D eigenvalue weighted by atomic mass is 9.81. The van der Waals surface area contributed by atoms with Gasteiger partial charge in [-0.05, 0) is 38.5 Å². The molecule has 7 nitrogen and oxygen atoms in total. The van der Waals surface area contributed by atoms with Gasteiger partial charge >= 0.3 is 5.97 Å². The number of nitrogens with zero attached hydrogens (tertiary/aromatic N) is 3. The summed E-state index contributed by atoms with van der Waals surface area (Å²) in [6.07, 6.45) is 9.15. The lowest BCUT2D eigenvalue weighted by Crippen LogP contribution is -2.42. The normalized spacial score (nSPS) is 19.5. The van der Waals surface area contributed by atoms with Gasteiger partial charge in [-0.1, -0.05) is 167 Å². The molecule has 3 fully saturated rings. The third kappa shape index (κ3) is 12.8. The fourth-order valence-electron chi connectivity index (χ4n) is 7.85. The molecule has 1 N–H and O–H groups in total. The number of carbonyl (C=O) groups excluding carboxylic acids is 1. The van der Waals surface area contributed by atoms with Crippen molar-refractivity contribution in [2.75, 3.05) is 32.8 Å². The van der Waals surface area contributed by atoms with Crippen molar-refractivity contribution < 1.29 is 19.4 Å². The number of morpholine rings is 1. The van der Waals surface area contributed by atoms with E-state index in [1.165, 1.54) is 54.4 Å². The SMILES string of the molecule is CCC1CC1(C)N=C(c1ccccc1)c1ccccc1.CCN=C(c1ccccc1)c1ccccc1.O=C(O)C(CC(=O)N1CCOCC1)CC1CCCCC1. The molecule has 3 aliphatic rings. The van der Waals surface area contributed by atoms with Gasteiger partial charge in [0.2, 0.25) is 5.91 Å². The van der Waals surface area contributed by atoms with E-state index in [0.717, 1.165) is 36.7 Å². The predicted octanol–water partition coefficient (Wildman–Crippen LogP) is 10.2. The topological polar surface area (TPSA) is 91.6 Å². The fraction of sp³-hybridized carbons (Fsp3) is 0.429. The van der Waals surface area contributed by atoms with Crippen LogP contribution in [0.4, 0.5) is 0 Å². The van der Waals surface area contributed by atoms with E-state index >= 15 is 0 Å². The summed E-state index contributed by atoms with van der Waals surface area (Å²) in [6.45, 7) is 9.72. The van der Waals surface area contributed by atoms with Crippen LogP contribution in [0.25, 0.3) is 0 Å². The number of hydrogen-bond donors (Lipinski definition) is 1. The molecule has 3 atom stereocenters. The van der Waals surface area contributed by atoms with Gasteiger partial charge in [0, 0.05) is 48.3 Å². The predicted molar refractivity (Wildman–Crippen MR) is 229 cm³/mol. The number of ether oxygens (including phenoxy) is 1. The molecule has 7 rings (SSSR count). The minimum absolute atomic E-state index is 0.0310. The second-order valence-electron chi connectivity index (χ2n) is 15.4. The quantitative estimate of drug-likeness (QED) is 0.146. The maximum atomic E-state index is 12.2. The molecule has 0 aromatic heterocycles. The van der Waals surface area contributed by atoms with E-state index in [1.807, 2.05) is 36.4 Å². The number of rotatable bonds is 12. The fourth-order valence-corrected chi connectivity index (χ4v) is 7.85. The monoisotopic (exact) mass is 755 g/mol. The van der Waals surface area contributed by atoms with Crippen LogP contribution >= 0.6 is 0 Å². The van der Waals surface area contributed by atoms with Crippen molar-refractivity contribution in [3.05, 3.63) is 144 Å². The molecule has 1 amide bonds. The average molecular weight is 756 g/mol. The molecular weight excluding hydrogens is 695 g/mol. The van der Waals surface area contributed by atoms with Crippen molar-refractivity contribution in [1.29, 1.82) is 0 Å².